The summed E-state index contributed by atoms with van der Waals surface area (Å²) in [5, 5.41) is 9.78. The monoisotopic (exact) mass is 192 g/mol. The van der Waals surface area contributed by atoms with Gasteiger partial charge in [-0.15, -0.1) is 0 Å². The van der Waals surface area contributed by atoms with E-state index in [0.29, 0.717) is 5.75 Å². The van der Waals surface area contributed by atoms with E-state index < -0.39 is 0 Å². The third-order valence-corrected chi connectivity index (χ3v) is 2.09. The van der Waals surface area contributed by atoms with Crippen molar-refractivity contribution in [1.82, 2.24) is 0 Å². The molecule has 0 aliphatic carbocycles. The molecule has 2 heteroatoms. The number of hydrogen-bond acceptors (Lipinski definition) is 2. The van der Waals surface area contributed by atoms with E-state index in [-0.39, 0.29) is 5.75 Å². The van der Waals surface area contributed by atoms with Crippen LogP contribution in [0.15, 0.2) is 24.3 Å². The second kappa shape index (κ2) is 4.70. The summed E-state index contributed by atoms with van der Waals surface area (Å²) in [7, 11) is 1.56. The fraction of sp³-hybridized carbons (Fsp3) is 0.333. The highest BCUT2D eigenvalue weighted by atomic mass is 16.5. The smallest absolute Gasteiger partial charge is 0.161 e. The SMILES string of the molecule is CC=CCc1cc(C)cc(OC)c1O. The number of aromatic hydroxyl groups is 1. The van der Waals surface area contributed by atoms with Crippen LogP contribution in [0.2, 0.25) is 0 Å². The third-order valence-electron chi connectivity index (χ3n) is 2.09. The van der Waals surface area contributed by atoms with Crippen LogP contribution in [0, 0.1) is 6.92 Å². The van der Waals surface area contributed by atoms with Crippen LogP contribution in [0.5, 0.6) is 11.5 Å². The largest absolute Gasteiger partial charge is 0.504 e. The van der Waals surface area contributed by atoms with Crippen LogP contribution in [-0.4, -0.2) is 12.2 Å². The zero-order valence-electron chi connectivity index (χ0n) is 8.87. The molecule has 0 spiro atoms. The Kier molecular flexibility index (Phi) is 3.57. The molecule has 0 saturated carbocycles. The molecule has 76 valence electrons. The van der Waals surface area contributed by atoms with E-state index in [0.717, 1.165) is 17.5 Å². The number of methoxy groups -OCH3 is 1. The summed E-state index contributed by atoms with van der Waals surface area (Å²) in [5.74, 6) is 0.792. The van der Waals surface area contributed by atoms with Crippen molar-refractivity contribution in [1.29, 1.82) is 0 Å². The first-order valence-electron chi connectivity index (χ1n) is 4.66. The molecule has 14 heavy (non-hydrogen) atoms. The maximum atomic E-state index is 9.78. The molecule has 0 fully saturated rings. The Hall–Kier alpha value is -1.44. The van der Waals surface area contributed by atoms with Gasteiger partial charge in [0.05, 0.1) is 7.11 Å². The van der Waals surface area contributed by atoms with Gasteiger partial charge in [-0.25, -0.2) is 0 Å². The summed E-state index contributed by atoms with van der Waals surface area (Å²) in [6.45, 7) is 3.95. The zero-order valence-corrected chi connectivity index (χ0v) is 8.87. The molecular weight excluding hydrogens is 176 g/mol. The van der Waals surface area contributed by atoms with E-state index >= 15 is 0 Å². The van der Waals surface area contributed by atoms with E-state index in [1.54, 1.807) is 7.11 Å². The average molecular weight is 192 g/mol. The van der Waals surface area contributed by atoms with Crippen LogP contribution < -0.4 is 4.74 Å². The van der Waals surface area contributed by atoms with Crippen LogP contribution in [0.25, 0.3) is 0 Å². The fourth-order valence-corrected chi connectivity index (χ4v) is 1.37. The zero-order chi connectivity index (χ0) is 10.6. The van der Waals surface area contributed by atoms with E-state index in [1.807, 2.05) is 38.1 Å². The van der Waals surface area contributed by atoms with Crippen LogP contribution >= 0.6 is 0 Å². The molecule has 0 saturated heterocycles. The van der Waals surface area contributed by atoms with Gasteiger partial charge >= 0.3 is 0 Å². The highest BCUT2D eigenvalue weighted by Gasteiger charge is 2.07. The number of aryl methyl sites for hydroxylation is 1. The number of allylic oxidation sites excluding steroid dienone is 2. The van der Waals surface area contributed by atoms with Gasteiger partial charge in [-0.3, -0.25) is 0 Å². The molecule has 0 heterocycles. The predicted molar refractivity (Wildman–Crippen MR) is 57.9 cm³/mol. The molecule has 2 nitrogen and oxygen atoms in total. The number of rotatable bonds is 3. The Bertz CT molecular complexity index is 340. The maximum Gasteiger partial charge on any atom is 0.161 e. The average Bonchev–Trinajstić information content (AvgIpc) is 2.18. The molecule has 1 aromatic rings. The van der Waals surface area contributed by atoms with Crippen LogP contribution in [0.3, 0.4) is 0 Å². The van der Waals surface area contributed by atoms with Gasteiger partial charge in [-0.05, 0) is 31.9 Å². The molecule has 0 atom stereocenters. The quantitative estimate of drug-likeness (QED) is 0.746. The number of phenolic OH excluding ortho intramolecular Hbond substituents is 1. The van der Waals surface area contributed by atoms with E-state index in [2.05, 4.69) is 0 Å². The Morgan fingerprint density at radius 3 is 2.71 bits per heavy atom. The summed E-state index contributed by atoms with van der Waals surface area (Å²) in [6, 6.07) is 3.80. The second-order valence-electron chi connectivity index (χ2n) is 3.25. The first-order chi connectivity index (χ1) is 6.69. The van der Waals surface area contributed by atoms with Gasteiger partial charge in [0.15, 0.2) is 11.5 Å². The first kappa shape index (κ1) is 10.6. The highest BCUT2D eigenvalue weighted by Crippen LogP contribution is 2.31. The van der Waals surface area contributed by atoms with Crippen molar-refractivity contribution >= 4 is 0 Å². The standard InChI is InChI=1S/C12H16O2/c1-4-5-6-10-7-9(2)8-11(14-3)12(10)13/h4-5,7-8,13H,6H2,1-3H3. The second-order valence-corrected chi connectivity index (χ2v) is 3.25. The van der Waals surface area contributed by atoms with Gasteiger partial charge in [0.2, 0.25) is 0 Å². The Morgan fingerprint density at radius 1 is 1.43 bits per heavy atom. The van der Waals surface area contributed by atoms with Gasteiger partial charge in [-0.2, -0.15) is 0 Å². The Balaban J connectivity index is 3.08. The van der Waals surface area contributed by atoms with Gasteiger partial charge in [0.1, 0.15) is 0 Å². The summed E-state index contributed by atoms with van der Waals surface area (Å²) in [4.78, 5) is 0. The van der Waals surface area contributed by atoms with Gasteiger partial charge in [0, 0.05) is 5.56 Å². The normalized spacial score (nSPS) is 10.8. The summed E-state index contributed by atoms with van der Waals surface area (Å²) in [5.41, 5.74) is 2.00. The molecule has 0 radical (unpaired) electrons. The molecule has 1 rings (SSSR count). The lowest BCUT2D eigenvalue weighted by molar-refractivity contribution is 0.371. The van der Waals surface area contributed by atoms with Gasteiger partial charge in [-0.1, -0.05) is 18.2 Å². The molecule has 0 unspecified atom stereocenters. The predicted octanol–water partition coefficient (Wildman–Crippen LogP) is 2.83. The van der Waals surface area contributed by atoms with Crippen LogP contribution in [0.4, 0.5) is 0 Å². The first-order valence-corrected chi connectivity index (χ1v) is 4.66. The topological polar surface area (TPSA) is 29.5 Å². The van der Waals surface area contributed by atoms with Crippen molar-refractivity contribution in [2.24, 2.45) is 0 Å². The third kappa shape index (κ3) is 2.28. The highest BCUT2D eigenvalue weighted by molar-refractivity contribution is 5.48. The molecular formula is C12H16O2. The Morgan fingerprint density at radius 2 is 2.14 bits per heavy atom. The van der Waals surface area contributed by atoms with Gasteiger partial charge < -0.3 is 9.84 Å². The molecule has 1 aromatic carbocycles. The van der Waals surface area contributed by atoms with Crippen molar-refractivity contribution < 1.29 is 9.84 Å². The lowest BCUT2D eigenvalue weighted by atomic mass is 10.1. The van der Waals surface area contributed by atoms with E-state index in [1.165, 1.54) is 0 Å². The number of benzene rings is 1. The summed E-state index contributed by atoms with van der Waals surface area (Å²) < 4.78 is 5.07. The summed E-state index contributed by atoms with van der Waals surface area (Å²) >= 11 is 0. The number of ether oxygens (including phenoxy) is 1. The fourth-order valence-electron chi connectivity index (χ4n) is 1.37. The van der Waals surface area contributed by atoms with Crippen LogP contribution in [0.1, 0.15) is 18.1 Å². The lowest BCUT2D eigenvalue weighted by Gasteiger charge is -2.08. The van der Waals surface area contributed by atoms with Crippen LogP contribution in [-0.2, 0) is 6.42 Å². The molecule has 0 aromatic heterocycles. The van der Waals surface area contributed by atoms with Gasteiger partial charge in [0.25, 0.3) is 0 Å². The van der Waals surface area contributed by atoms with Crippen molar-refractivity contribution in [3.05, 3.63) is 35.4 Å². The van der Waals surface area contributed by atoms with Crippen molar-refractivity contribution in [2.45, 2.75) is 20.3 Å². The lowest BCUT2D eigenvalue weighted by Crippen LogP contribution is -1.90. The minimum Gasteiger partial charge on any atom is -0.504 e. The minimum absolute atomic E-state index is 0.246. The summed E-state index contributed by atoms with van der Waals surface area (Å²) in [6.07, 6.45) is 4.71. The molecule has 0 amide bonds. The van der Waals surface area contributed by atoms with Crippen molar-refractivity contribution in [2.75, 3.05) is 7.11 Å². The van der Waals surface area contributed by atoms with E-state index in [9.17, 15) is 5.11 Å². The minimum atomic E-state index is 0.246. The molecule has 1 N–H and O–H groups in total. The number of hydrogen-bond donors (Lipinski definition) is 1. The maximum absolute atomic E-state index is 9.78. The molecule has 0 aliphatic rings. The van der Waals surface area contributed by atoms with E-state index in [4.69, 9.17) is 4.74 Å². The Labute approximate surface area is 84.8 Å². The molecule has 0 bridgehead atoms. The number of phenols is 1. The van der Waals surface area contributed by atoms with Crippen molar-refractivity contribution in [3.63, 3.8) is 0 Å². The van der Waals surface area contributed by atoms with Crippen molar-refractivity contribution in [3.8, 4) is 11.5 Å². The molecule has 0 aliphatic heterocycles.